The summed E-state index contributed by atoms with van der Waals surface area (Å²) in [7, 11) is 0. The zero-order valence-corrected chi connectivity index (χ0v) is 6.07. The first-order valence-corrected chi connectivity index (χ1v) is 0. The number of rotatable bonds is 0. The molecule has 5 heteroatoms. The molecule has 0 aliphatic rings. The quantitative estimate of drug-likeness (QED) is 0.300. The predicted octanol–water partition coefficient (Wildman–Crippen LogP) is -3.35. The van der Waals surface area contributed by atoms with Crippen LogP contribution in [0.3, 0.4) is 0 Å². The molecule has 1 radical (unpaired) electrons. The molecule has 0 aliphatic carbocycles. The van der Waals surface area contributed by atoms with Crippen LogP contribution >= 0.6 is 0 Å². The van der Waals surface area contributed by atoms with Gasteiger partial charge in [0.05, 0.1) is 0 Å². The van der Waals surface area contributed by atoms with E-state index in [4.69, 9.17) is 0 Å². The van der Waals surface area contributed by atoms with Gasteiger partial charge in [0.2, 0.25) is 0 Å². The molecule has 0 amide bonds. The molecule has 3 nitrogen and oxygen atoms in total. The molecule has 0 aromatic carbocycles. The fourth-order valence-corrected chi connectivity index (χ4v) is 0. The first kappa shape index (κ1) is 90.0. The Kier molecular flexibility index (Phi) is 914. The van der Waals surface area contributed by atoms with E-state index in [-0.39, 0.29) is 64.5 Å². The van der Waals surface area contributed by atoms with Crippen molar-refractivity contribution in [3.63, 3.8) is 0 Å². The first-order chi connectivity index (χ1) is 0. The van der Waals surface area contributed by atoms with Gasteiger partial charge in [-0.05, 0) is 0 Å². The first-order valence-electron chi connectivity index (χ1n) is 0. The van der Waals surface area contributed by atoms with Crippen molar-refractivity contribution in [2.24, 2.45) is 0 Å². The molecule has 0 unspecified atom stereocenters. The van der Waals surface area contributed by atoms with E-state index in [0.717, 1.165) is 0 Å². The summed E-state index contributed by atoms with van der Waals surface area (Å²) in [5, 5.41) is 0. The molecule has 0 fully saturated rings. The van der Waals surface area contributed by atoms with Crippen LogP contribution in [0.4, 0.5) is 0 Å². The standard InChI is InChI=1S/Na.3O.V/q+1;3*-2;. The predicted molar refractivity (Wildman–Crippen MR) is 2.06 cm³/mol. The van der Waals surface area contributed by atoms with E-state index < -0.39 is 0 Å². The van der Waals surface area contributed by atoms with Gasteiger partial charge in [0, 0.05) is 18.6 Å². The third-order valence-corrected chi connectivity index (χ3v) is 0. The Labute approximate surface area is 64.2 Å². The van der Waals surface area contributed by atoms with Crippen LogP contribution in [0, 0.1) is 0 Å². The maximum Gasteiger partial charge on any atom is 1.00 e. The minimum atomic E-state index is 0. The molecule has 0 bridgehead atoms. The molecular weight excluding hydrogens is 122 g/mol. The molecule has 29 valence electrons. The van der Waals surface area contributed by atoms with Gasteiger partial charge in [0.25, 0.3) is 0 Å². The Hall–Kier alpha value is 1.46. The summed E-state index contributed by atoms with van der Waals surface area (Å²) in [6.45, 7) is 0. The number of hydrogen-bond acceptors (Lipinski definition) is 0. The molecule has 0 saturated carbocycles. The second kappa shape index (κ2) is 50.8. The summed E-state index contributed by atoms with van der Waals surface area (Å²) < 4.78 is 0. The monoisotopic (exact) mass is 122 g/mol. The molecule has 0 atom stereocenters. The van der Waals surface area contributed by atoms with E-state index in [9.17, 15) is 0 Å². The molecule has 0 spiro atoms. The SMILES string of the molecule is [Na+].[O-2].[O-2].[O-2].[V]. The van der Waals surface area contributed by atoms with Crippen LogP contribution in [0.15, 0.2) is 0 Å². The fraction of sp³-hybridized carbons (Fsp3) is 0. The van der Waals surface area contributed by atoms with Gasteiger partial charge in [-0.2, -0.15) is 0 Å². The van der Waals surface area contributed by atoms with Crippen molar-refractivity contribution in [2.45, 2.75) is 0 Å². The zero-order chi connectivity index (χ0) is 0. The van der Waals surface area contributed by atoms with Crippen molar-refractivity contribution in [1.82, 2.24) is 0 Å². The second-order valence-corrected chi connectivity index (χ2v) is 0. The molecule has 0 N–H and O–H groups in total. The van der Waals surface area contributed by atoms with E-state index >= 15 is 0 Å². The van der Waals surface area contributed by atoms with Crippen LogP contribution in [-0.2, 0) is 35.0 Å². The summed E-state index contributed by atoms with van der Waals surface area (Å²) in [5.41, 5.74) is 0. The Bertz CT molecular complexity index is 6.85. The van der Waals surface area contributed by atoms with E-state index in [0.29, 0.717) is 0 Å². The molecular formula is NaO3V-5. The van der Waals surface area contributed by atoms with Crippen LogP contribution in [0.2, 0.25) is 0 Å². The van der Waals surface area contributed by atoms with Crippen LogP contribution in [0.25, 0.3) is 0 Å². The Morgan fingerprint density at radius 3 is 0.600 bits per heavy atom. The third-order valence-electron chi connectivity index (χ3n) is 0. The molecule has 5 heavy (non-hydrogen) atoms. The van der Waals surface area contributed by atoms with Gasteiger partial charge in [-0.3, -0.25) is 0 Å². The molecule has 0 aromatic heterocycles. The van der Waals surface area contributed by atoms with E-state index in [2.05, 4.69) is 0 Å². The van der Waals surface area contributed by atoms with Gasteiger partial charge in [-0.15, -0.1) is 0 Å². The maximum atomic E-state index is 0. The average Bonchev–Trinajstić information content (AvgIpc) is 0. The third kappa shape index (κ3) is 30.6. The van der Waals surface area contributed by atoms with Crippen LogP contribution in [-0.4, -0.2) is 0 Å². The van der Waals surface area contributed by atoms with Crippen LogP contribution in [0.1, 0.15) is 0 Å². The van der Waals surface area contributed by atoms with E-state index in [1.165, 1.54) is 0 Å². The van der Waals surface area contributed by atoms with Crippen molar-refractivity contribution in [1.29, 1.82) is 0 Å². The normalized spacial score (nSPS) is 0. The van der Waals surface area contributed by atoms with Gasteiger partial charge in [-0.1, -0.05) is 0 Å². The van der Waals surface area contributed by atoms with Crippen molar-refractivity contribution >= 4 is 0 Å². The van der Waals surface area contributed by atoms with Gasteiger partial charge in [0.1, 0.15) is 0 Å². The molecule has 0 aliphatic heterocycles. The second-order valence-electron chi connectivity index (χ2n) is 0. The van der Waals surface area contributed by atoms with Crippen molar-refractivity contribution in [2.75, 3.05) is 0 Å². The van der Waals surface area contributed by atoms with Gasteiger partial charge in [-0.25, -0.2) is 0 Å². The fourth-order valence-electron chi connectivity index (χ4n) is 0. The molecule has 0 rings (SSSR count). The van der Waals surface area contributed by atoms with Gasteiger partial charge >= 0.3 is 29.6 Å². The summed E-state index contributed by atoms with van der Waals surface area (Å²) in [5.74, 6) is 0. The minimum absolute atomic E-state index is 0. The average molecular weight is 122 g/mol. The molecule has 0 heterocycles. The zero-order valence-electron chi connectivity index (χ0n) is 2.67. The summed E-state index contributed by atoms with van der Waals surface area (Å²) >= 11 is 0. The Morgan fingerprint density at radius 1 is 0.600 bits per heavy atom. The summed E-state index contributed by atoms with van der Waals surface area (Å²) in [6, 6.07) is 0. The Morgan fingerprint density at radius 2 is 0.600 bits per heavy atom. The van der Waals surface area contributed by atoms with Crippen LogP contribution < -0.4 is 29.6 Å². The topological polar surface area (TPSA) is 85.5 Å². The van der Waals surface area contributed by atoms with Gasteiger partial charge in [0.15, 0.2) is 0 Å². The molecule has 0 saturated heterocycles. The number of hydrogen-bond donors (Lipinski definition) is 0. The maximum absolute atomic E-state index is 0. The van der Waals surface area contributed by atoms with E-state index in [1.54, 1.807) is 0 Å². The van der Waals surface area contributed by atoms with Gasteiger partial charge < -0.3 is 16.4 Å². The Balaban J connectivity index is 0. The summed E-state index contributed by atoms with van der Waals surface area (Å²) in [4.78, 5) is 0. The minimum Gasteiger partial charge on any atom is -2.00 e. The van der Waals surface area contributed by atoms with Crippen molar-refractivity contribution < 1.29 is 64.5 Å². The molecule has 0 aromatic rings. The summed E-state index contributed by atoms with van der Waals surface area (Å²) in [6.07, 6.45) is 0. The largest absolute Gasteiger partial charge is 2.00 e. The van der Waals surface area contributed by atoms with Crippen molar-refractivity contribution in [3.05, 3.63) is 0 Å². The van der Waals surface area contributed by atoms with Crippen LogP contribution in [0.5, 0.6) is 0 Å². The van der Waals surface area contributed by atoms with Crippen molar-refractivity contribution in [3.8, 4) is 0 Å². The van der Waals surface area contributed by atoms with E-state index in [1.807, 2.05) is 0 Å². The smallest absolute Gasteiger partial charge is 1.00 e.